The van der Waals surface area contributed by atoms with Crippen molar-refractivity contribution in [2.45, 2.75) is 6.42 Å². The van der Waals surface area contributed by atoms with Gasteiger partial charge in [0.05, 0.1) is 5.92 Å². The molecule has 1 atom stereocenters. The molecule has 1 aromatic rings. The molecular formula is C9H13N3O2. The minimum Gasteiger partial charge on any atom is -0.481 e. The van der Waals surface area contributed by atoms with E-state index in [0.29, 0.717) is 13.0 Å². The molecule has 5 heteroatoms. The van der Waals surface area contributed by atoms with Gasteiger partial charge in [0.2, 0.25) is 0 Å². The van der Waals surface area contributed by atoms with E-state index >= 15 is 0 Å². The molecule has 1 aromatic heterocycles. The van der Waals surface area contributed by atoms with Crippen LogP contribution in [0.4, 0.5) is 5.82 Å². The molecule has 0 aromatic carbocycles. The molecule has 2 heterocycles. The molecule has 1 aliphatic heterocycles. The van der Waals surface area contributed by atoms with E-state index < -0.39 is 5.97 Å². The van der Waals surface area contributed by atoms with Crippen LogP contribution in [0.5, 0.6) is 0 Å². The lowest BCUT2D eigenvalue weighted by Gasteiger charge is -2.13. The van der Waals surface area contributed by atoms with Gasteiger partial charge in [-0.2, -0.15) is 5.10 Å². The van der Waals surface area contributed by atoms with E-state index in [1.54, 1.807) is 4.68 Å². The average molecular weight is 195 g/mol. The van der Waals surface area contributed by atoms with Crippen molar-refractivity contribution in [1.82, 2.24) is 9.78 Å². The maximum Gasteiger partial charge on any atom is 0.308 e. The summed E-state index contributed by atoms with van der Waals surface area (Å²) in [6, 6.07) is 1.91. The summed E-state index contributed by atoms with van der Waals surface area (Å²) in [5, 5.41) is 13.1. The first-order valence-corrected chi connectivity index (χ1v) is 4.64. The fourth-order valence-electron chi connectivity index (χ4n) is 1.74. The second-order valence-corrected chi connectivity index (χ2v) is 3.62. The Kier molecular flexibility index (Phi) is 2.15. The minimum absolute atomic E-state index is 0.239. The molecule has 1 N–H and O–H groups in total. The summed E-state index contributed by atoms with van der Waals surface area (Å²) in [7, 11) is 1.86. The van der Waals surface area contributed by atoms with Gasteiger partial charge < -0.3 is 10.0 Å². The Morgan fingerprint density at radius 1 is 1.71 bits per heavy atom. The number of hydrogen-bond donors (Lipinski definition) is 1. The molecule has 0 saturated carbocycles. The van der Waals surface area contributed by atoms with E-state index in [1.807, 2.05) is 24.2 Å². The zero-order valence-electron chi connectivity index (χ0n) is 8.05. The van der Waals surface area contributed by atoms with E-state index in [0.717, 1.165) is 12.4 Å². The van der Waals surface area contributed by atoms with Gasteiger partial charge in [-0.1, -0.05) is 0 Å². The Labute approximate surface area is 81.9 Å². The zero-order valence-corrected chi connectivity index (χ0v) is 8.05. The van der Waals surface area contributed by atoms with Gasteiger partial charge >= 0.3 is 5.97 Å². The smallest absolute Gasteiger partial charge is 0.308 e. The van der Waals surface area contributed by atoms with Crippen molar-refractivity contribution in [3.8, 4) is 0 Å². The van der Waals surface area contributed by atoms with Crippen LogP contribution in [0.1, 0.15) is 6.42 Å². The lowest BCUT2D eigenvalue weighted by molar-refractivity contribution is -0.140. The third-order valence-electron chi connectivity index (χ3n) is 2.56. The molecule has 1 fully saturated rings. The van der Waals surface area contributed by atoms with Crippen LogP contribution in [-0.2, 0) is 11.8 Å². The van der Waals surface area contributed by atoms with Crippen molar-refractivity contribution in [3.05, 3.63) is 12.3 Å². The summed E-state index contributed by atoms with van der Waals surface area (Å²) in [6.07, 6.45) is 2.58. The summed E-state index contributed by atoms with van der Waals surface area (Å²) in [5.74, 6) is -0.0725. The number of aryl methyl sites for hydroxylation is 1. The van der Waals surface area contributed by atoms with Crippen molar-refractivity contribution in [2.75, 3.05) is 18.0 Å². The van der Waals surface area contributed by atoms with Crippen molar-refractivity contribution in [3.63, 3.8) is 0 Å². The summed E-state index contributed by atoms with van der Waals surface area (Å²) in [4.78, 5) is 12.7. The van der Waals surface area contributed by atoms with E-state index in [2.05, 4.69) is 5.10 Å². The van der Waals surface area contributed by atoms with Gasteiger partial charge in [0.15, 0.2) is 5.82 Å². The number of hydrogen-bond acceptors (Lipinski definition) is 3. The molecule has 5 nitrogen and oxygen atoms in total. The van der Waals surface area contributed by atoms with Crippen LogP contribution in [0.3, 0.4) is 0 Å². The van der Waals surface area contributed by atoms with Gasteiger partial charge in [0, 0.05) is 32.4 Å². The van der Waals surface area contributed by atoms with Gasteiger partial charge in [0.25, 0.3) is 0 Å². The molecule has 0 aliphatic carbocycles. The van der Waals surface area contributed by atoms with Crippen LogP contribution >= 0.6 is 0 Å². The second-order valence-electron chi connectivity index (χ2n) is 3.62. The summed E-state index contributed by atoms with van der Waals surface area (Å²) in [5.41, 5.74) is 0. The second kappa shape index (κ2) is 3.32. The molecule has 14 heavy (non-hydrogen) atoms. The first-order valence-electron chi connectivity index (χ1n) is 4.64. The quantitative estimate of drug-likeness (QED) is 0.738. The lowest BCUT2D eigenvalue weighted by atomic mass is 10.1. The Balaban J connectivity index is 2.05. The highest BCUT2D eigenvalue weighted by molar-refractivity contribution is 5.71. The number of anilines is 1. The van der Waals surface area contributed by atoms with Crippen LogP contribution in [-0.4, -0.2) is 33.9 Å². The van der Waals surface area contributed by atoms with Crippen LogP contribution in [0, 0.1) is 5.92 Å². The molecular weight excluding hydrogens is 182 g/mol. The molecule has 0 radical (unpaired) electrons. The van der Waals surface area contributed by atoms with Crippen molar-refractivity contribution < 1.29 is 9.90 Å². The Bertz CT molecular complexity index is 348. The lowest BCUT2D eigenvalue weighted by Crippen LogP contribution is -2.23. The van der Waals surface area contributed by atoms with E-state index in [1.165, 1.54) is 0 Å². The normalized spacial score (nSPS) is 21.5. The Morgan fingerprint density at radius 2 is 2.50 bits per heavy atom. The van der Waals surface area contributed by atoms with E-state index in [-0.39, 0.29) is 5.92 Å². The van der Waals surface area contributed by atoms with Crippen LogP contribution in [0.25, 0.3) is 0 Å². The highest BCUT2D eigenvalue weighted by atomic mass is 16.4. The molecule has 1 aliphatic rings. The highest BCUT2D eigenvalue weighted by Gasteiger charge is 2.28. The topological polar surface area (TPSA) is 58.4 Å². The fraction of sp³-hybridized carbons (Fsp3) is 0.556. The predicted molar refractivity (Wildman–Crippen MR) is 51.2 cm³/mol. The number of carboxylic acids is 1. The van der Waals surface area contributed by atoms with Gasteiger partial charge in [-0.15, -0.1) is 0 Å². The van der Waals surface area contributed by atoms with Crippen LogP contribution in [0.15, 0.2) is 12.3 Å². The third-order valence-corrected chi connectivity index (χ3v) is 2.56. The number of aliphatic carboxylic acids is 1. The monoisotopic (exact) mass is 195 g/mol. The fourth-order valence-corrected chi connectivity index (χ4v) is 1.74. The molecule has 0 spiro atoms. The number of rotatable bonds is 2. The number of aromatic nitrogens is 2. The molecule has 1 saturated heterocycles. The standard InChI is InChI=1S/C9H13N3O2/c1-11-4-3-8(10-11)12-5-2-7(6-12)9(13)14/h3-4,7H,2,5-6H2,1H3,(H,13,14). The zero-order chi connectivity index (χ0) is 10.1. The first-order chi connectivity index (χ1) is 6.66. The van der Waals surface area contributed by atoms with Crippen LogP contribution in [0.2, 0.25) is 0 Å². The average Bonchev–Trinajstić information content (AvgIpc) is 2.70. The molecule has 0 amide bonds. The maximum atomic E-state index is 10.7. The molecule has 0 bridgehead atoms. The summed E-state index contributed by atoms with van der Waals surface area (Å²) < 4.78 is 1.73. The van der Waals surface area contributed by atoms with Gasteiger partial charge in [-0.05, 0) is 6.42 Å². The number of nitrogens with zero attached hydrogens (tertiary/aromatic N) is 3. The SMILES string of the molecule is Cn1ccc(N2CCC(C(=O)O)C2)n1. The van der Waals surface area contributed by atoms with Crippen molar-refractivity contribution in [1.29, 1.82) is 0 Å². The van der Waals surface area contributed by atoms with Gasteiger partial charge in [0.1, 0.15) is 0 Å². The van der Waals surface area contributed by atoms with Crippen molar-refractivity contribution >= 4 is 11.8 Å². The van der Waals surface area contributed by atoms with Gasteiger partial charge in [-0.3, -0.25) is 9.48 Å². The first kappa shape index (κ1) is 9.05. The largest absolute Gasteiger partial charge is 0.481 e. The number of carboxylic acid groups (broad SMARTS) is 1. The summed E-state index contributed by atoms with van der Waals surface area (Å²) >= 11 is 0. The number of carbonyl (C=O) groups is 1. The highest BCUT2D eigenvalue weighted by Crippen LogP contribution is 2.21. The van der Waals surface area contributed by atoms with E-state index in [9.17, 15) is 4.79 Å². The third kappa shape index (κ3) is 1.57. The molecule has 76 valence electrons. The Hall–Kier alpha value is -1.52. The van der Waals surface area contributed by atoms with Gasteiger partial charge in [-0.25, -0.2) is 0 Å². The molecule has 1 unspecified atom stereocenters. The predicted octanol–water partition coefficient (Wildman–Crippen LogP) is 0.331. The Morgan fingerprint density at radius 3 is 3.00 bits per heavy atom. The van der Waals surface area contributed by atoms with Crippen LogP contribution < -0.4 is 4.90 Å². The maximum absolute atomic E-state index is 10.7. The van der Waals surface area contributed by atoms with Crippen molar-refractivity contribution in [2.24, 2.45) is 13.0 Å². The minimum atomic E-state index is -0.705. The van der Waals surface area contributed by atoms with E-state index in [4.69, 9.17) is 5.11 Å². The molecule has 2 rings (SSSR count). The summed E-state index contributed by atoms with van der Waals surface area (Å²) in [6.45, 7) is 1.36.